The van der Waals surface area contributed by atoms with Crippen LogP contribution in [-0.4, -0.2) is 29.9 Å². The van der Waals surface area contributed by atoms with Crippen molar-refractivity contribution >= 4 is 45.9 Å². The Morgan fingerprint density at radius 1 is 1.45 bits per heavy atom. The summed E-state index contributed by atoms with van der Waals surface area (Å²) < 4.78 is 5.22. The molecule has 1 aromatic rings. The van der Waals surface area contributed by atoms with E-state index in [0.29, 0.717) is 11.3 Å². The monoisotopic (exact) mass is 389 g/mol. The molecule has 20 heavy (non-hydrogen) atoms. The van der Waals surface area contributed by atoms with Gasteiger partial charge in [0.05, 0.1) is 7.11 Å². The average Bonchev–Trinajstić information content (AvgIpc) is 2.62. The molecule has 1 heterocycles. The molecule has 1 aromatic carbocycles. The summed E-state index contributed by atoms with van der Waals surface area (Å²) in [5, 5.41) is 13.0. The Labute approximate surface area is 128 Å². The van der Waals surface area contributed by atoms with E-state index in [1.807, 2.05) is 22.6 Å². The molecule has 0 aliphatic carbocycles. The fourth-order valence-electron chi connectivity index (χ4n) is 2.07. The number of amides is 1. The minimum absolute atomic E-state index is 0.354. The van der Waals surface area contributed by atoms with Crippen LogP contribution in [0.2, 0.25) is 0 Å². The lowest BCUT2D eigenvalue weighted by atomic mass is 9.89. The first-order chi connectivity index (χ1) is 9.36. The number of esters is 1. The molecule has 6 nitrogen and oxygen atoms in total. The third-order valence-corrected chi connectivity index (χ3v) is 3.74. The number of hydrogen-bond donors (Lipinski definition) is 2. The second-order valence-corrected chi connectivity index (χ2v) is 5.72. The van der Waals surface area contributed by atoms with Gasteiger partial charge in [-0.15, -0.1) is 0 Å². The Bertz CT molecular complexity index is 600. The van der Waals surface area contributed by atoms with E-state index in [1.54, 1.807) is 18.2 Å². The summed E-state index contributed by atoms with van der Waals surface area (Å²) in [4.78, 5) is 34.7. The number of hydrogen-bond acceptors (Lipinski definition) is 5. The summed E-state index contributed by atoms with van der Waals surface area (Å²) in [5.74, 6) is -1.91. The van der Waals surface area contributed by atoms with Gasteiger partial charge < -0.3 is 15.2 Å². The predicted octanol–water partition coefficient (Wildman–Crippen LogP) is 0.953. The van der Waals surface area contributed by atoms with Crippen molar-refractivity contribution in [3.8, 4) is 0 Å². The standard InChI is InChI=1S/C13H12INO5/c1-20-11(17)5-8(16)6-13(19)9-4-7(14)2-3-10(9)15-12(13)18/h2-4,19H,5-6H2,1H3,(H,15,18). The first kappa shape index (κ1) is 14.9. The Balaban J connectivity index is 2.26. The van der Waals surface area contributed by atoms with Crippen molar-refractivity contribution in [2.24, 2.45) is 0 Å². The molecule has 0 bridgehead atoms. The van der Waals surface area contributed by atoms with Crippen molar-refractivity contribution in [3.63, 3.8) is 0 Å². The van der Waals surface area contributed by atoms with Gasteiger partial charge in [-0.05, 0) is 40.8 Å². The van der Waals surface area contributed by atoms with Gasteiger partial charge in [0.25, 0.3) is 5.91 Å². The van der Waals surface area contributed by atoms with Crippen molar-refractivity contribution in [2.75, 3.05) is 12.4 Å². The lowest BCUT2D eigenvalue weighted by molar-refractivity contribution is -0.147. The lowest BCUT2D eigenvalue weighted by Gasteiger charge is -2.19. The average molecular weight is 389 g/mol. The highest BCUT2D eigenvalue weighted by Crippen LogP contribution is 2.39. The molecule has 0 saturated heterocycles. The van der Waals surface area contributed by atoms with Crippen LogP contribution < -0.4 is 5.32 Å². The largest absolute Gasteiger partial charge is 0.469 e. The van der Waals surface area contributed by atoms with Gasteiger partial charge in [-0.25, -0.2) is 0 Å². The zero-order chi connectivity index (χ0) is 14.9. The van der Waals surface area contributed by atoms with Crippen LogP contribution in [0.15, 0.2) is 18.2 Å². The third kappa shape index (κ3) is 2.68. The fraction of sp³-hybridized carbons (Fsp3) is 0.308. The maximum atomic E-state index is 11.9. The van der Waals surface area contributed by atoms with E-state index in [9.17, 15) is 19.5 Å². The number of fused-ring (bicyclic) bond motifs is 1. The smallest absolute Gasteiger partial charge is 0.313 e. The van der Waals surface area contributed by atoms with E-state index in [2.05, 4.69) is 10.1 Å². The van der Waals surface area contributed by atoms with Crippen LogP contribution in [-0.2, 0) is 24.7 Å². The Morgan fingerprint density at radius 2 is 2.15 bits per heavy atom. The van der Waals surface area contributed by atoms with Gasteiger partial charge in [0, 0.05) is 21.2 Å². The molecule has 1 aliphatic rings. The Kier molecular flexibility index (Phi) is 4.09. The van der Waals surface area contributed by atoms with Crippen LogP contribution in [0.5, 0.6) is 0 Å². The topological polar surface area (TPSA) is 92.7 Å². The summed E-state index contributed by atoms with van der Waals surface area (Å²) in [6, 6.07) is 5.08. The number of benzene rings is 1. The van der Waals surface area contributed by atoms with E-state index in [0.717, 1.165) is 3.57 Å². The minimum atomic E-state index is -1.93. The normalized spacial score (nSPS) is 20.2. The van der Waals surface area contributed by atoms with Gasteiger partial charge in [-0.3, -0.25) is 14.4 Å². The second-order valence-electron chi connectivity index (χ2n) is 4.47. The van der Waals surface area contributed by atoms with Crippen LogP contribution in [0.4, 0.5) is 5.69 Å². The molecule has 1 aliphatic heterocycles. The summed E-state index contributed by atoms with van der Waals surface area (Å²) in [7, 11) is 1.17. The highest BCUT2D eigenvalue weighted by molar-refractivity contribution is 14.1. The number of Topliss-reactive ketones (excluding diaryl/α,β-unsaturated/α-hetero) is 1. The highest BCUT2D eigenvalue weighted by Gasteiger charge is 2.46. The van der Waals surface area contributed by atoms with E-state index in [4.69, 9.17) is 0 Å². The van der Waals surface area contributed by atoms with E-state index in [-0.39, 0.29) is 0 Å². The zero-order valence-electron chi connectivity index (χ0n) is 10.6. The number of anilines is 1. The molecule has 1 unspecified atom stereocenters. The van der Waals surface area contributed by atoms with Crippen LogP contribution >= 0.6 is 22.6 Å². The van der Waals surface area contributed by atoms with E-state index in [1.165, 1.54) is 7.11 Å². The molecule has 106 valence electrons. The molecule has 0 spiro atoms. The third-order valence-electron chi connectivity index (χ3n) is 3.07. The number of methoxy groups -OCH3 is 1. The number of halogens is 1. The molecular formula is C13H12INO5. The van der Waals surface area contributed by atoms with Gasteiger partial charge in [0.2, 0.25) is 0 Å². The van der Waals surface area contributed by atoms with Crippen LogP contribution in [0, 0.1) is 3.57 Å². The summed E-state index contributed by atoms with van der Waals surface area (Å²) >= 11 is 2.05. The molecule has 7 heteroatoms. The van der Waals surface area contributed by atoms with Crippen LogP contribution in [0.3, 0.4) is 0 Å². The zero-order valence-corrected chi connectivity index (χ0v) is 12.8. The van der Waals surface area contributed by atoms with Crippen molar-refractivity contribution in [3.05, 3.63) is 27.3 Å². The maximum Gasteiger partial charge on any atom is 0.313 e. The summed E-state index contributed by atoms with van der Waals surface area (Å²) in [6.07, 6.45) is -0.924. The second kappa shape index (κ2) is 5.49. The number of ketones is 1. The molecule has 0 radical (unpaired) electrons. The molecular weight excluding hydrogens is 377 g/mol. The molecule has 2 N–H and O–H groups in total. The number of carbonyl (C=O) groups is 3. The predicted molar refractivity (Wildman–Crippen MR) is 77.9 cm³/mol. The van der Waals surface area contributed by atoms with Crippen molar-refractivity contribution < 1.29 is 24.2 Å². The van der Waals surface area contributed by atoms with Gasteiger partial charge in [-0.1, -0.05) is 0 Å². The summed E-state index contributed by atoms with van der Waals surface area (Å²) in [6.45, 7) is 0. The van der Waals surface area contributed by atoms with Gasteiger partial charge >= 0.3 is 5.97 Å². The molecule has 0 saturated carbocycles. The molecule has 1 amide bonds. The number of aliphatic hydroxyl groups is 1. The number of nitrogens with one attached hydrogen (secondary N) is 1. The molecule has 1 atom stereocenters. The van der Waals surface area contributed by atoms with E-state index >= 15 is 0 Å². The minimum Gasteiger partial charge on any atom is -0.469 e. The van der Waals surface area contributed by atoms with Crippen molar-refractivity contribution in [2.45, 2.75) is 18.4 Å². The Morgan fingerprint density at radius 3 is 2.80 bits per heavy atom. The van der Waals surface area contributed by atoms with Crippen molar-refractivity contribution in [1.82, 2.24) is 0 Å². The molecule has 2 rings (SSSR count). The first-order valence-corrected chi connectivity index (χ1v) is 6.87. The van der Waals surface area contributed by atoms with Crippen molar-refractivity contribution in [1.29, 1.82) is 0 Å². The van der Waals surface area contributed by atoms with Crippen LogP contribution in [0.25, 0.3) is 0 Å². The van der Waals surface area contributed by atoms with Gasteiger partial charge in [0.15, 0.2) is 5.60 Å². The SMILES string of the molecule is COC(=O)CC(=O)CC1(O)C(=O)Nc2ccc(I)cc21. The van der Waals surface area contributed by atoms with Crippen LogP contribution in [0.1, 0.15) is 18.4 Å². The Hall–Kier alpha value is -1.48. The quantitative estimate of drug-likeness (QED) is 0.455. The number of rotatable bonds is 4. The van der Waals surface area contributed by atoms with E-state index < -0.39 is 36.1 Å². The first-order valence-electron chi connectivity index (χ1n) is 5.79. The summed E-state index contributed by atoms with van der Waals surface area (Å²) in [5.41, 5.74) is -1.10. The van der Waals surface area contributed by atoms with Gasteiger partial charge in [0.1, 0.15) is 12.2 Å². The number of carbonyl (C=O) groups excluding carboxylic acids is 3. The van der Waals surface area contributed by atoms with Gasteiger partial charge in [-0.2, -0.15) is 0 Å². The maximum absolute atomic E-state index is 11.9. The highest BCUT2D eigenvalue weighted by atomic mass is 127. The fourth-order valence-corrected chi connectivity index (χ4v) is 2.56. The molecule has 0 fully saturated rings. The number of ether oxygens (including phenoxy) is 1. The lowest BCUT2D eigenvalue weighted by Crippen LogP contribution is -2.37. The molecule has 0 aromatic heterocycles.